The summed E-state index contributed by atoms with van der Waals surface area (Å²) in [6, 6.07) is 0. The van der Waals surface area contributed by atoms with Crippen molar-refractivity contribution >= 4 is 11.9 Å². The first-order valence-electron chi connectivity index (χ1n) is 9.34. The normalized spacial score (nSPS) is 52.3. The summed E-state index contributed by atoms with van der Waals surface area (Å²) in [5.74, 6) is 0.840. The highest BCUT2D eigenvalue weighted by Crippen LogP contribution is 2.69. The molecule has 10 unspecified atom stereocenters. The van der Waals surface area contributed by atoms with Gasteiger partial charge in [0.25, 0.3) is 0 Å². The summed E-state index contributed by atoms with van der Waals surface area (Å²) < 4.78 is 23.5. The van der Waals surface area contributed by atoms with Gasteiger partial charge in [-0.2, -0.15) is 0 Å². The van der Waals surface area contributed by atoms with E-state index in [0.29, 0.717) is 31.0 Å². The number of hydrogen-bond donors (Lipinski definition) is 0. The molecule has 0 aromatic rings. The van der Waals surface area contributed by atoms with Gasteiger partial charge in [0.1, 0.15) is 0 Å². The smallest absolute Gasteiger partial charge is 0.302 e. The molecule has 140 valence electrons. The van der Waals surface area contributed by atoms with Gasteiger partial charge < -0.3 is 18.9 Å². The highest BCUT2D eigenvalue weighted by atomic mass is 16.6. The largest absolute Gasteiger partial charge is 0.465 e. The Bertz CT molecular complexity index is 590. The molecule has 6 nitrogen and oxygen atoms in total. The maximum atomic E-state index is 11.3. The molecule has 0 aromatic heterocycles. The number of fused-ring (bicyclic) bond motifs is 9. The molecule has 4 rings (SSSR count). The third-order valence-corrected chi connectivity index (χ3v) is 7.40. The van der Waals surface area contributed by atoms with Crippen molar-refractivity contribution in [1.82, 2.24) is 0 Å². The van der Waals surface area contributed by atoms with E-state index in [0.717, 1.165) is 0 Å². The van der Waals surface area contributed by atoms with Crippen LogP contribution in [0.3, 0.4) is 0 Å². The first kappa shape index (κ1) is 17.3. The van der Waals surface area contributed by atoms with Crippen molar-refractivity contribution < 1.29 is 28.5 Å². The Kier molecular flexibility index (Phi) is 3.93. The summed E-state index contributed by atoms with van der Waals surface area (Å²) in [6.45, 7) is 10.3. The maximum absolute atomic E-state index is 11.3. The number of ether oxygens (including phenoxy) is 4. The molecule has 4 bridgehead atoms. The van der Waals surface area contributed by atoms with Crippen molar-refractivity contribution in [2.24, 2.45) is 35.0 Å². The van der Waals surface area contributed by atoms with Crippen molar-refractivity contribution in [3.05, 3.63) is 0 Å². The van der Waals surface area contributed by atoms with E-state index >= 15 is 0 Å². The number of carbonyl (C=O) groups is 2. The van der Waals surface area contributed by atoms with E-state index in [1.165, 1.54) is 13.8 Å². The van der Waals surface area contributed by atoms with Crippen LogP contribution in [-0.4, -0.2) is 49.6 Å². The summed E-state index contributed by atoms with van der Waals surface area (Å²) in [7, 11) is 0. The van der Waals surface area contributed by atoms with Crippen LogP contribution in [0.1, 0.15) is 34.6 Å². The van der Waals surface area contributed by atoms with Gasteiger partial charge in [-0.3, -0.25) is 9.59 Å². The van der Waals surface area contributed by atoms with Crippen molar-refractivity contribution in [3.8, 4) is 0 Å². The second kappa shape index (κ2) is 5.68. The molecule has 0 amide bonds. The molecule has 6 heteroatoms. The predicted octanol–water partition coefficient (Wildman–Crippen LogP) is 1.80. The highest BCUT2D eigenvalue weighted by Gasteiger charge is 2.77. The molecule has 10 atom stereocenters. The minimum absolute atomic E-state index is 0.000131. The summed E-state index contributed by atoms with van der Waals surface area (Å²) in [6.07, 6.45) is 0.365. The van der Waals surface area contributed by atoms with Gasteiger partial charge >= 0.3 is 11.9 Å². The van der Waals surface area contributed by atoms with E-state index in [4.69, 9.17) is 18.9 Å². The zero-order valence-corrected chi connectivity index (χ0v) is 15.6. The Morgan fingerprint density at radius 1 is 0.880 bits per heavy atom. The fourth-order valence-corrected chi connectivity index (χ4v) is 6.21. The van der Waals surface area contributed by atoms with E-state index in [1.807, 2.05) is 0 Å². The fourth-order valence-electron chi connectivity index (χ4n) is 6.21. The van der Waals surface area contributed by atoms with E-state index in [-0.39, 0.29) is 53.6 Å². The van der Waals surface area contributed by atoms with E-state index in [9.17, 15) is 9.59 Å². The zero-order chi connectivity index (χ0) is 18.1. The molecule has 25 heavy (non-hydrogen) atoms. The second-order valence-corrected chi connectivity index (χ2v) is 8.59. The Hall–Kier alpha value is -1.14. The molecule has 0 N–H and O–H groups in total. The zero-order valence-electron chi connectivity index (χ0n) is 15.6. The van der Waals surface area contributed by atoms with Gasteiger partial charge in [0.15, 0.2) is 0 Å². The average Bonchev–Trinajstić information content (AvgIpc) is 3.20. The van der Waals surface area contributed by atoms with E-state index in [1.54, 1.807) is 0 Å². The Morgan fingerprint density at radius 2 is 1.44 bits per heavy atom. The molecule has 4 aliphatic rings. The summed E-state index contributed by atoms with van der Waals surface area (Å²) >= 11 is 0. The quantitative estimate of drug-likeness (QED) is 0.719. The number of esters is 2. The van der Waals surface area contributed by atoms with Gasteiger partial charge in [0, 0.05) is 37.0 Å². The van der Waals surface area contributed by atoms with Crippen LogP contribution in [-0.2, 0) is 28.5 Å². The van der Waals surface area contributed by atoms with Crippen LogP contribution in [0.5, 0.6) is 0 Å². The maximum Gasteiger partial charge on any atom is 0.302 e. The molecule has 0 aromatic carbocycles. The first-order chi connectivity index (χ1) is 11.8. The van der Waals surface area contributed by atoms with Crippen LogP contribution < -0.4 is 0 Å². The summed E-state index contributed by atoms with van der Waals surface area (Å²) in [5, 5.41) is 0. The number of hydrogen-bond acceptors (Lipinski definition) is 6. The SMILES string of the molecule is CC(=O)OCC1C(COC(C)=O)C2OC1C1C3OC(C(C)C3C)C21C. The van der Waals surface area contributed by atoms with E-state index in [2.05, 4.69) is 20.8 Å². The molecule has 0 radical (unpaired) electrons. The Balaban J connectivity index is 1.62. The minimum Gasteiger partial charge on any atom is -0.465 e. The van der Waals surface area contributed by atoms with Crippen LogP contribution >= 0.6 is 0 Å². The van der Waals surface area contributed by atoms with Crippen molar-refractivity contribution in [1.29, 1.82) is 0 Å². The minimum atomic E-state index is -0.290. The highest BCUT2D eigenvalue weighted by molar-refractivity contribution is 5.66. The van der Waals surface area contributed by atoms with Crippen LogP contribution in [0.2, 0.25) is 0 Å². The predicted molar refractivity (Wildman–Crippen MR) is 87.5 cm³/mol. The van der Waals surface area contributed by atoms with Gasteiger partial charge in [0.2, 0.25) is 0 Å². The lowest BCUT2D eigenvalue weighted by molar-refractivity contribution is -0.149. The second-order valence-electron chi connectivity index (χ2n) is 8.59. The van der Waals surface area contributed by atoms with Gasteiger partial charge in [-0.25, -0.2) is 0 Å². The topological polar surface area (TPSA) is 71.1 Å². The van der Waals surface area contributed by atoms with Crippen LogP contribution in [0.4, 0.5) is 0 Å². The van der Waals surface area contributed by atoms with E-state index < -0.39 is 0 Å². The number of carbonyl (C=O) groups excluding carboxylic acids is 2. The van der Waals surface area contributed by atoms with Gasteiger partial charge in [-0.15, -0.1) is 0 Å². The third kappa shape index (κ3) is 2.23. The standard InChI is InChI=1S/C19H28O6/c1-8-9(2)17-19(5)14(15(8)24-17)16-12(6-22-10(3)20)13(18(19)25-16)7-23-11(4)21/h8-9,12-18H,6-7H2,1-5H3. The number of rotatable bonds is 4. The van der Waals surface area contributed by atoms with Crippen molar-refractivity contribution in [2.45, 2.75) is 59.0 Å². The fraction of sp³-hybridized carbons (Fsp3) is 0.895. The van der Waals surface area contributed by atoms with Gasteiger partial charge in [0.05, 0.1) is 37.6 Å². The van der Waals surface area contributed by atoms with Gasteiger partial charge in [-0.1, -0.05) is 20.8 Å². The third-order valence-electron chi connectivity index (χ3n) is 7.40. The van der Waals surface area contributed by atoms with Crippen LogP contribution in [0.25, 0.3) is 0 Å². The van der Waals surface area contributed by atoms with Crippen molar-refractivity contribution in [2.75, 3.05) is 13.2 Å². The molecular weight excluding hydrogens is 324 g/mol. The van der Waals surface area contributed by atoms with Crippen LogP contribution in [0, 0.1) is 35.0 Å². The summed E-state index contributed by atoms with van der Waals surface area (Å²) in [5.41, 5.74) is -0.0567. The first-order valence-corrected chi connectivity index (χ1v) is 9.34. The molecule has 0 saturated carbocycles. The Labute approximate surface area is 148 Å². The lowest BCUT2D eigenvalue weighted by Gasteiger charge is -2.48. The monoisotopic (exact) mass is 352 g/mol. The lowest BCUT2D eigenvalue weighted by Crippen LogP contribution is -2.57. The molecule has 0 spiro atoms. The van der Waals surface area contributed by atoms with Gasteiger partial charge in [-0.05, 0) is 11.8 Å². The molecular formula is C19H28O6. The lowest BCUT2D eigenvalue weighted by atomic mass is 9.52. The molecule has 4 heterocycles. The summed E-state index contributed by atoms with van der Waals surface area (Å²) in [4.78, 5) is 22.7. The Morgan fingerprint density at radius 3 is 2.04 bits per heavy atom. The molecule has 0 aliphatic carbocycles. The molecule has 4 fully saturated rings. The van der Waals surface area contributed by atoms with Crippen molar-refractivity contribution in [3.63, 3.8) is 0 Å². The average molecular weight is 352 g/mol. The molecule has 4 saturated heterocycles. The molecule has 4 aliphatic heterocycles. The van der Waals surface area contributed by atoms with Crippen LogP contribution in [0.15, 0.2) is 0 Å².